The molecule has 0 unspecified atom stereocenters. The topological polar surface area (TPSA) is 68.2 Å². The number of hydrogen-bond donors (Lipinski definition) is 0. The normalized spacial score (nSPS) is 13.5. The fraction of sp³-hybridized carbons (Fsp3) is 0.118. The first-order valence-electron chi connectivity index (χ1n) is 7.00. The number of hydrazone groups is 1. The highest BCUT2D eigenvalue weighted by atomic mass is 35.5. The van der Waals surface area contributed by atoms with Crippen LogP contribution in [0.5, 0.6) is 11.5 Å². The van der Waals surface area contributed by atoms with Crippen LogP contribution in [0.1, 0.15) is 26.3 Å². The Labute approximate surface area is 143 Å². The van der Waals surface area contributed by atoms with E-state index in [1.54, 1.807) is 36.4 Å². The molecule has 24 heavy (non-hydrogen) atoms. The monoisotopic (exact) mass is 344 g/mol. The number of fused-ring (bicyclic) bond motifs is 1. The molecule has 0 spiro atoms. The molecule has 2 aromatic rings. The Balaban J connectivity index is 1.91. The number of carbonyl (C=O) groups excluding carboxylic acids is 2. The van der Waals surface area contributed by atoms with E-state index in [0.29, 0.717) is 33.2 Å². The van der Waals surface area contributed by atoms with Gasteiger partial charge in [0.15, 0.2) is 11.5 Å². The Kier molecular flexibility index (Phi) is 4.22. The zero-order valence-electron chi connectivity index (χ0n) is 12.9. The lowest BCUT2D eigenvalue weighted by atomic mass is 10.1. The summed E-state index contributed by atoms with van der Waals surface area (Å²) in [6, 6.07) is 9.84. The van der Waals surface area contributed by atoms with Crippen LogP contribution < -0.4 is 9.47 Å². The van der Waals surface area contributed by atoms with Gasteiger partial charge in [-0.25, -0.2) is 0 Å². The average Bonchev–Trinajstić information content (AvgIpc) is 2.84. The molecule has 0 saturated heterocycles. The van der Waals surface area contributed by atoms with Gasteiger partial charge in [0.1, 0.15) is 0 Å². The van der Waals surface area contributed by atoms with Gasteiger partial charge in [0.05, 0.1) is 36.6 Å². The number of benzene rings is 2. The third kappa shape index (κ3) is 2.61. The Morgan fingerprint density at radius 3 is 2.21 bits per heavy atom. The van der Waals surface area contributed by atoms with E-state index >= 15 is 0 Å². The average molecular weight is 345 g/mol. The maximum absolute atomic E-state index is 12.2. The number of rotatable bonds is 4. The van der Waals surface area contributed by atoms with Crippen LogP contribution in [0.2, 0.25) is 5.02 Å². The van der Waals surface area contributed by atoms with Gasteiger partial charge >= 0.3 is 0 Å². The summed E-state index contributed by atoms with van der Waals surface area (Å²) in [5, 5.41) is 5.16. The summed E-state index contributed by atoms with van der Waals surface area (Å²) in [5.41, 5.74) is 1.24. The molecule has 0 N–H and O–H groups in total. The summed E-state index contributed by atoms with van der Waals surface area (Å²) in [6.45, 7) is 0. The number of halogens is 1. The van der Waals surface area contributed by atoms with Crippen molar-refractivity contribution in [2.24, 2.45) is 5.10 Å². The number of imide groups is 1. The quantitative estimate of drug-likeness (QED) is 0.631. The maximum atomic E-state index is 12.2. The van der Waals surface area contributed by atoms with Gasteiger partial charge in [-0.15, -0.1) is 0 Å². The molecule has 1 heterocycles. The second-order valence-electron chi connectivity index (χ2n) is 4.95. The predicted octanol–water partition coefficient (Wildman–Crippen LogP) is 2.99. The smallest absolute Gasteiger partial charge is 0.282 e. The Morgan fingerprint density at radius 1 is 1.04 bits per heavy atom. The first kappa shape index (κ1) is 16.0. The molecule has 0 radical (unpaired) electrons. The van der Waals surface area contributed by atoms with E-state index in [2.05, 4.69) is 5.10 Å². The molecule has 3 rings (SSSR count). The number of amides is 2. The summed E-state index contributed by atoms with van der Waals surface area (Å²) >= 11 is 6.13. The van der Waals surface area contributed by atoms with Gasteiger partial charge in [0.25, 0.3) is 11.8 Å². The largest absolute Gasteiger partial charge is 0.493 e. The van der Waals surface area contributed by atoms with Crippen molar-refractivity contribution >= 4 is 29.6 Å². The SMILES string of the molecule is COc1cc(/C=N\N2C(=O)c3ccccc3C2=O)cc(Cl)c1OC. The molecule has 0 aliphatic carbocycles. The molecule has 2 amide bonds. The molecule has 2 aromatic carbocycles. The lowest BCUT2D eigenvalue weighted by Gasteiger charge is -2.10. The van der Waals surface area contributed by atoms with E-state index in [4.69, 9.17) is 21.1 Å². The highest BCUT2D eigenvalue weighted by Crippen LogP contribution is 2.35. The van der Waals surface area contributed by atoms with Crippen LogP contribution in [-0.2, 0) is 0 Å². The summed E-state index contributed by atoms with van der Waals surface area (Å²) in [4.78, 5) is 24.5. The van der Waals surface area contributed by atoms with Gasteiger partial charge in [-0.1, -0.05) is 23.7 Å². The summed E-state index contributed by atoms with van der Waals surface area (Å²) in [6.07, 6.45) is 1.37. The molecule has 0 saturated carbocycles. The van der Waals surface area contributed by atoms with Crippen molar-refractivity contribution in [1.29, 1.82) is 0 Å². The Hall–Kier alpha value is -2.86. The second-order valence-corrected chi connectivity index (χ2v) is 5.36. The fourth-order valence-electron chi connectivity index (χ4n) is 2.42. The molecule has 1 aliphatic heterocycles. The highest BCUT2D eigenvalue weighted by molar-refractivity contribution is 6.32. The first-order chi connectivity index (χ1) is 11.6. The minimum Gasteiger partial charge on any atom is -0.493 e. The zero-order valence-corrected chi connectivity index (χ0v) is 13.7. The molecule has 6 nitrogen and oxygen atoms in total. The minimum absolute atomic E-state index is 0.334. The van der Waals surface area contributed by atoms with Gasteiger partial charge in [0, 0.05) is 0 Å². The third-order valence-corrected chi connectivity index (χ3v) is 3.83. The van der Waals surface area contributed by atoms with Crippen molar-refractivity contribution < 1.29 is 19.1 Å². The van der Waals surface area contributed by atoms with E-state index in [9.17, 15) is 9.59 Å². The van der Waals surface area contributed by atoms with Crippen LogP contribution in [0.15, 0.2) is 41.5 Å². The fourth-order valence-corrected chi connectivity index (χ4v) is 2.71. The zero-order chi connectivity index (χ0) is 17.3. The maximum Gasteiger partial charge on any atom is 0.282 e. The van der Waals surface area contributed by atoms with Crippen molar-refractivity contribution in [3.8, 4) is 11.5 Å². The molecule has 0 fully saturated rings. The summed E-state index contributed by atoms with van der Waals surface area (Å²) < 4.78 is 10.4. The number of methoxy groups -OCH3 is 2. The van der Waals surface area contributed by atoms with Crippen molar-refractivity contribution in [1.82, 2.24) is 5.01 Å². The van der Waals surface area contributed by atoms with Crippen LogP contribution in [0, 0.1) is 0 Å². The second kappa shape index (κ2) is 6.33. The molecule has 122 valence electrons. The number of hydrogen-bond acceptors (Lipinski definition) is 5. The van der Waals surface area contributed by atoms with Gasteiger partial charge in [-0.2, -0.15) is 10.1 Å². The minimum atomic E-state index is -0.460. The van der Waals surface area contributed by atoms with Gasteiger partial charge in [-0.3, -0.25) is 9.59 Å². The van der Waals surface area contributed by atoms with Crippen LogP contribution in [0.3, 0.4) is 0 Å². The van der Waals surface area contributed by atoms with Crippen LogP contribution in [0.25, 0.3) is 0 Å². The van der Waals surface area contributed by atoms with Gasteiger partial charge in [-0.05, 0) is 29.8 Å². The van der Waals surface area contributed by atoms with E-state index in [1.807, 2.05) is 0 Å². The molecule has 0 aromatic heterocycles. The molecule has 7 heteroatoms. The van der Waals surface area contributed by atoms with Crippen molar-refractivity contribution in [3.05, 3.63) is 58.1 Å². The predicted molar refractivity (Wildman–Crippen MR) is 89.1 cm³/mol. The standard InChI is InChI=1S/C17H13ClN2O4/c1-23-14-8-10(7-13(18)15(14)24-2)9-19-20-16(21)11-5-3-4-6-12(11)17(20)22/h3-9H,1-2H3/b19-9-. The van der Waals surface area contributed by atoms with Crippen LogP contribution in [0.4, 0.5) is 0 Å². The third-order valence-electron chi connectivity index (χ3n) is 3.55. The van der Waals surface area contributed by atoms with Crippen molar-refractivity contribution in [3.63, 3.8) is 0 Å². The lowest BCUT2D eigenvalue weighted by Crippen LogP contribution is -2.24. The van der Waals surface area contributed by atoms with Crippen molar-refractivity contribution in [2.75, 3.05) is 14.2 Å². The van der Waals surface area contributed by atoms with E-state index in [-0.39, 0.29) is 0 Å². The summed E-state index contributed by atoms with van der Waals surface area (Å²) in [7, 11) is 2.97. The number of nitrogens with zero attached hydrogens (tertiary/aromatic N) is 2. The molecule has 1 aliphatic rings. The summed E-state index contributed by atoms with van der Waals surface area (Å²) in [5.74, 6) is -0.0947. The van der Waals surface area contributed by atoms with E-state index in [0.717, 1.165) is 5.01 Å². The van der Waals surface area contributed by atoms with Gasteiger partial charge < -0.3 is 9.47 Å². The number of ether oxygens (including phenoxy) is 2. The lowest BCUT2D eigenvalue weighted by molar-refractivity contribution is 0.0660. The van der Waals surface area contributed by atoms with E-state index < -0.39 is 11.8 Å². The molecule has 0 bridgehead atoms. The molecular weight excluding hydrogens is 332 g/mol. The Bertz CT molecular complexity index is 829. The van der Waals surface area contributed by atoms with Crippen LogP contribution in [-0.4, -0.2) is 37.3 Å². The molecular formula is C17H13ClN2O4. The van der Waals surface area contributed by atoms with Crippen LogP contribution >= 0.6 is 11.6 Å². The van der Waals surface area contributed by atoms with E-state index in [1.165, 1.54) is 20.4 Å². The number of carbonyl (C=O) groups is 2. The molecule has 0 atom stereocenters. The van der Waals surface area contributed by atoms with Gasteiger partial charge in [0.2, 0.25) is 0 Å². The first-order valence-corrected chi connectivity index (χ1v) is 7.38. The highest BCUT2D eigenvalue weighted by Gasteiger charge is 2.35. The van der Waals surface area contributed by atoms with Crippen molar-refractivity contribution in [2.45, 2.75) is 0 Å². The Morgan fingerprint density at radius 2 is 1.67 bits per heavy atom.